The fourth-order valence-corrected chi connectivity index (χ4v) is 4.27. The average Bonchev–Trinajstić information content (AvgIpc) is 3.08. The normalized spacial score (nSPS) is 10.7. The topological polar surface area (TPSA) is 81.3 Å². The van der Waals surface area contributed by atoms with Crippen LogP contribution in [0.4, 0.5) is 10.8 Å². The van der Waals surface area contributed by atoms with E-state index < -0.39 is 0 Å². The maximum absolute atomic E-state index is 9.39. The van der Waals surface area contributed by atoms with Crippen molar-refractivity contribution < 1.29 is 19.3 Å². The predicted octanol–water partition coefficient (Wildman–Crippen LogP) is 3.60. The summed E-state index contributed by atoms with van der Waals surface area (Å²) in [6.07, 6.45) is 0.441. The number of hydrogen-bond donors (Lipinski definition) is 1. The van der Waals surface area contributed by atoms with Crippen LogP contribution < -0.4 is 19.1 Å². The van der Waals surface area contributed by atoms with Crippen LogP contribution in [0.25, 0.3) is 15.1 Å². The Kier molecular flexibility index (Phi) is 6.59. The van der Waals surface area contributed by atoms with Gasteiger partial charge < -0.3 is 24.2 Å². The number of likely N-dealkylation sites (N-methyl/N-ethyl adjacent to an activating group) is 1. The first-order chi connectivity index (χ1) is 14.5. The van der Waals surface area contributed by atoms with Gasteiger partial charge in [0, 0.05) is 25.4 Å². The molecule has 8 nitrogen and oxygen atoms in total. The zero-order valence-corrected chi connectivity index (χ0v) is 18.5. The highest BCUT2D eigenvalue weighted by atomic mass is 32.1. The number of fused-ring (bicyclic) bond motifs is 1. The van der Waals surface area contributed by atoms with Crippen molar-refractivity contribution in [2.45, 2.75) is 13.3 Å². The number of benzene rings is 1. The van der Waals surface area contributed by atoms with Crippen molar-refractivity contribution in [2.75, 3.05) is 46.4 Å². The Bertz CT molecular complexity index is 1080. The molecule has 0 saturated carbocycles. The Morgan fingerprint density at radius 2 is 1.80 bits per heavy atom. The van der Waals surface area contributed by atoms with Gasteiger partial charge in [-0.05, 0) is 30.2 Å². The average molecular weight is 429 g/mol. The first-order valence-electron chi connectivity index (χ1n) is 9.25. The number of ether oxygens (including phenoxy) is 3. The van der Waals surface area contributed by atoms with E-state index in [0.717, 1.165) is 21.3 Å². The summed E-state index contributed by atoms with van der Waals surface area (Å²) in [5.41, 5.74) is 1.77. The van der Waals surface area contributed by atoms with E-state index in [1.54, 1.807) is 21.3 Å². The van der Waals surface area contributed by atoms with Crippen molar-refractivity contribution in [2.24, 2.45) is 0 Å². The first-order valence-corrected chi connectivity index (χ1v) is 10.1. The molecular weight excluding hydrogens is 404 g/mol. The zero-order chi connectivity index (χ0) is 21.8. The van der Waals surface area contributed by atoms with Gasteiger partial charge in [-0.25, -0.2) is 14.8 Å². The summed E-state index contributed by atoms with van der Waals surface area (Å²) in [4.78, 5) is 15.8. The van der Waals surface area contributed by atoms with Gasteiger partial charge in [-0.1, -0.05) is 0 Å². The van der Waals surface area contributed by atoms with Crippen molar-refractivity contribution in [1.29, 1.82) is 0 Å². The van der Waals surface area contributed by atoms with Crippen LogP contribution in [0.2, 0.25) is 0 Å². The summed E-state index contributed by atoms with van der Waals surface area (Å²) in [5, 5.41) is 10.8. The molecule has 0 aliphatic carbocycles. The lowest BCUT2D eigenvalue weighted by molar-refractivity contribution is 0.304. The van der Waals surface area contributed by atoms with Crippen LogP contribution in [0, 0.1) is 13.5 Å². The second-order valence-corrected chi connectivity index (χ2v) is 7.62. The lowest BCUT2D eigenvalue weighted by atomic mass is 10.1. The number of anilines is 1. The molecule has 0 spiro atoms. The van der Waals surface area contributed by atoms with Gasteiger partial charge in [-0.2, -0.15) is 0 Å². The summed E-state index contributed by atoms with van der Waals surface area (Å²) in [6, 6.07) is 3.74. The Morgan fingerprint density at radius 3 is 2.33 bits per heavy atom. The monoisotopic (exact) mass is 428 g/mol. The van der Waals surface area contributed by atoms with E-state index in [9.17, 15) is 5.11 Å². The molecule has 1 N–H and O–H groups in total. The molecule has 3 rings (SSSR count). The second kappa shape index (κ2) is 9.15. The second-order valence-electron chi connectivity index (χ2n) is 6.64. The van der Waals surface area contributed by atoms with Crippen LogP contribution in [0.15, 0.2) is 12.1 Å². The van der Waals surface area contributed by atoms with Crippen LogP contribution >= 0.6 is 11.3 Å². The highest BCUT2D eigenvalue weighted by Gasteiger charge is 2.20. The third-order valence-corrected chi connectivity index (χ3v) is 5.86. The van der Waals surface area contributed by atoms with Crippen LogP contribution in [0.1, 0.15) is 17.0 Å². The first kappa shape index (κ1) is 21.6. The van der Waals surface area contributed by atoms with Crippen molar-refractivity contribution in [1.82, 2.24) is 9.97 Å². The summed E-state index contributed by atoms with van der Waals surface area (Å²) in [6.45, 7) is 9.77. The maximum atomic E-state index is 9.39. The summed E-state index contributed by atoms with van der Waals surface area (Å²) < 4.78 is 16.3. The van der Waals surface area contributed by atoms with Gasteiger partial charge in [0.2, 0.25) is 10.8 Å². The van der Waals surface area contributed by atoms with Crippen LogP contribution in [-0.2, 0) is 6.42 Å². The van der Waals surface area contributed by atoms with E-state index in [-0.39, 0.29) is 6.61 Å². The number of thiophene rings is 1. The van der Waals surface area contributed by atoms with Crippen molar-refractivity contribution in [3.63, 3.8) is 0 Å². The van der Waals surface area contributed by atoms with Gasteiger partial charge in [0.25, 0.3) is 0 Å². The van der Waals surface area contributed by atoms with Crippen molar-refractivity contribution in [3.05, 3.63) is 40.5 Å². The number of aliphatic hydroxyl groups is 1. The minimum atomic E-state index is 0.00304. The molecule has 158 valence electrons. The Morgan fingerprint density at radius 1 is 1.13 bits per heavy atom. The Hall–Kier alpha value is -3.09. The highest BCUT2D eigenvalue weighted by Crippen LogP contribution is 2.41. The molecule has 0 radical (unpaired) electrons. The van der Waals surface area contributed by atoms with E-state index >= 15 is 0 Å². The van der Waals surface area contributed by atoms with Gasteiger partial charge in [0.1, 0.15) is 16.5 Å². The van der Waals surface area contributed by atoms with Gasteiger partial charge in [0.15, 0.2) is 11.5 Å². The van der Waals surface area contributed by atoms with Gasteiger partial charge in [0.05, 0.1) is 34.5 Å². The smallest absolute Gasteiger partial charge is 0.246 e. The Balaban J connectivity index is 2.12. The third-order valence-electron chi connectivity index (χ3n) is 4.78. The molecular formula is C21H24N4O4S. The standard InChI is InChI=1S/C21H24N4O4S/c1-12-17-19(25(3)7-8-26)23-16(24-21(17)30-20(12)22-2)11-13-9-14(27-4)18(29-6)15(10-13)28-5/h9-10,26H,7-8,11H2,1,3-6H3. The van der Waals surface area contributed by atoms with E-state index in [1.807, 2.05) is 31.0 Å². The third kappa shape index (κ3) is 3.97. The number of aliphatic hydroxyl groups excluding tert-OH is 1. The van der Waals surface area contributed by atoms with Crippen LogP contribution in [0.3, 0.4) is 0 Å². The number of methoxy groups -OCH3 is 3. The van der Waals surface area contributed by atoms with E-state index in [1.165, 1.54) is 11.3 Å². The largest absolute Gasteiger partial charge is 0.493 e. The maximum Gasteiger partial charge on any atom is 0.246 e. The van der Waals surface area contributed by atoms with Crippen molar-refractivity contribution in [3.8, 4) is 17.2 Å². The summed E-state index contributed by atoms with van der Waals surface area (Å²) in [7, 11) is 6.59. The molecule has 0 aliphatic heterocycles. The summed E-state index contributed by atoms with van der Waals surface area (Å²) >= 11 is 1.36. The molecule has 30 heavy (non-hydrogen) atoms. The number of hydrogen-bond acceptors (Lipinski definition) is 8. The predicted molar refractivity (Wildman–Crippen MR) is 118 cm³/mol. The fraction of sp³-hybridized carbons (Fsp3) is 0.381. The molecule has 1 aromatic carbocycles. The lowest BCUT2D eigenvalue weighted by Crippen LogP contribution is -2.23. The Labute approximate surface area is 179 Å². The molecule has 3 aromatic rings. The van der Waals surface area contributed by atoms with Crippen molar-refractivity contribution >= 4 is 32.4 Å². The molecule has 9 heteroatoms. The molecule has 0 saturated heterocycles. The molecule has 0 unspecified atom stereocenters. The number of rotatable bonds is 8. The molecule has 0 fully saturated rings. The molecule has 0 atom stereocenters. The minimum Gasteiger partial charge on any atom is -0.493 e. The number of aromatic nitrogens is 2. The molecule has 0 amide bonds. The van der Waals surface area contributed by atoms with E-state index in [2.05, 4.69) is 4.85 Å². The summed E-state index contributed by atoms with van der Waals surface area (Å²) in [5.74, 6) is 2.97. The van der Waals surface area contributed by atoms with E-state index in [4.69, 9.17) is 30.8 Å². The molecule has 2 aromatic heterocycles. The molecule has 0 aliphatic rings. The van der Waals surface area contributed by atoms with Gasteiger partial charge in [-0.3, -0.25) is 0 Å². The number of nitrogens with zero attached hydrogens (tertiary/aromatic N) is 4. The SMILES string of the molecule is [C-]#[N+]c1sc2nc(Cc3cc(OC)c(OC)c(OC)c3)nc(N(C)CCO)c2c1C. The highest BCUT2D eigenvalue weighted by molar-refractivity contribution is 7.22. The lowest BCUT2D eigenvalue weighted by Gasteiger charge is -2.19. The minimum absolute atomic E-state index is 0.00304. The molecule has 2 heterocycles. The fourth-order valence-electron chi connectivity index (χ4n) is 3.29. The quantitative estimate of drug-likeness (QED) is 0.549. The van der Waals surface area contributed by atoms with Gasteiger partial charge in [-0.15, -0.1) is 11.3 Å². The van der Waals surface area contributed by atoms with Gasteiger partial charge >= 0.3 is 0 Å². The zero-order valence-electron chi connectivity index (χ0n) is 17.6. The van der Waals surface area contributed by atoms with E-state index in [0.29, 0.717) is 46.9 Å². The number of aryl methyl sites for hydroxylation is 1. The van der Waals surface area contributed by atoms with Crippen LogP contribution in [0.5, 0.6) is 17.2 Å². The molecule has 0 bridgehead atoms. The van der Waals surface area contributed by atoms with Crippen LogP contribution in [-0.4, -0.2) is 56.6 Å².